The van der Waals surface area contributed by atoms with Crippen molar-refractivity contribution in [1.82, 2.24) is 0 Å². The van der Waals surface area contributed by atoms with Crippen molar-refractivity contribution in [3.8, 4) is 0 Å². The summed E-state index contributed by atoms with van der Waals surface area (Å²) < 4.78 is -0.0908. The lowest BCUT2D eigenvalue weighted by molar-refractivity contribution is -0.106. The van der Waals surface area contributed by atoms with Gasteiger partial charge in [-0.05, 0) is 22.0 Å². The number of alkyl halides is 1. The Morgan fingerprint density at radius 1 is 1.71 bits per heavy atom. The molecule has 7 heavy (non-hydrogen) atoms. The van der Waals surface area contributed by atoms with E-state index in [-0.39, 0.29) is 4.69 Å². The van der Waals surface area contributed by atoms with Crippen LogP contribution in [-0.4, -0.2) is 10.0 Å². The summed E-state index contributed by atoms with van der Waals surface area (Å²) >= 11 is 5.85. The van der Waals surface area contributed by atoms with Gasteiger partial charge in [0.2, 0.25) is 4.69 Å². The Hall–Kier alpha value is 0.370. The molecule has 0 fully saturated rings. The first-order valence-electron chi connectivity index (χ1n) is 1.69. The summed E-state index contributed by atoms with van der Waals surface area (Å²) in [5, 5.41) is 0.727. The SMILES string of the molecule is O=C(Br)C=CCBr. The fourth-order valence-electron chi connectivity index (χ4n) is 0.137. The van der Waals surface area contributed by atoms with E-state index in [4.69, 9.17) is 0 Å². The first-order valence-corrected chi connectivity index (χ1v) is 3.61. The summed E-state index contributed by atoms with van der Waals surface area (Å²) in [5.41, 5.74) is 0. The van der Waals surface area contributed by atoms with Crippen LogP contribution in [0.15, 0.2) is 12.2 Å². The van der Waals surface area contributed by atoms with Crippen LogP contribution < -0.4 is 0 Å². The Balaban J connectivity index is 3.26. The third kappa shape index (κ3) is 6.37. The fourth-order valence-corrected chi connectivity index (χ4v) is 0.511. The molecule has 40 valence electrons. The molecule has 0 bridgehead atoms. The van der Waals surface area contributed by atoms with Gasteiger partial charge in [0, 0.05) is 5.33 Å². The molecule has 0 unspecified atom stereocenters. The minimum atomic E-state index is -0.0908. The van der Waals surface area contributed by atoms with Crippen molar-refractivity contribution >= 4 is 36.6 Å². The van der Waals surface area contributed by atoms with Gasteiger partial charge in [-0.15, -0.1) is 0 Å². The summed E-state index contributed by atoms with van der Waals surface area (Å²) in [5.74, 6) is 0. The maximum absolute atomic E-state index is 10.0. The molecule has 0 amide bonds. The average molecular weight is 228 g/mol. The van der Waals surface area contributed by atoms with Crippen LogP contribution in [0.25, 0.3) is 0 Å². The van der Waals surface area contributed by atoms with Crippen LogP contribution in [0.1, 0.15) is 0 Å². The minimum absolute atomic E-state index is 0.0908. The second kappa shape index (κ2) is 4.53. The monoisotopic (exact) mass is 226 g/mol. The van der Waals surface area contributed by atoms with Crippen molar-refractivity contribution in [2.45, 2.75) is 0 Å². The molecule has 0 aliphatic carbocycles. The molecule has 0 saturated carbocycles. The van der Waals surface area contributed by atoms with Crippen LogP contribution in [0, 0.1) is 0 Å². The van der Waals surface area contributed by atoms with E-state index in [2.05, 4.69) is 31.9 Å². The lowest BCUT2D eigenvalue weighted by atomic mass is 10.6. The summed E-state index contributed by atoms with van der Waals surface area (Å²) in [7, 11) is 0. The van der Waals surface area contributed by atoms with Gasteiger partial charge in [0.05, 0.1) is 0 Å². The van der Waals surface area contributed by atoms with Gasteiger partial charge in [0.15, 0.2) is 0 Å². The van der Waals surface area contributed by atoms with Crippen LogP contribution >= 0.6 is 31.9 Å². The van der Waals surface area contributed by atoms with Crippen molar-refractivity contribution in [1.29, 1.82) is 0 Å². The average Bonchev–Trinajstić information content (AvgIpc) is 1.61. The van der Waals surface area contributed by atoms with E-state index in [1.165, 1.54) is 6.08 Å². The number of halogens is 2. The van der Waals surface area contributed by atoms with Crippen molar-refractivity contribution in [3.63, 3.8) is 0 Å². The van der Waals surface area contributed by atoms with Gasteiger partial charge >= 0.3 is 0 Å². The zero-order valence-corrected chi connectivity index (χ0v) is 6.70. The molecule has 1 nitrogen and oxygen atoms in total. The van der Waals surface area contributed by atoms with Gasteiger partial charge in [-0.25, -0.2) is 0 Å². The Bertz CT molecular complexity index is 87.7. The molecule has 0 atom stereocenters. The molecular formula is C4H4Br2O. The number of allylic oxidation sites excluding steroid dienone is 2. The molecule has 3 heteroatoms. The molecule has 0 rings (SSSR count). The van der Waals surface area contributed by atoms with E-state index in [0.29, 0.717) is 0 Å². The van der Waals surface area contributed by atoms with Gasteiger partial charge in [-0.3, -0.25) is 4.79 Å². The van der Waals surface area contributed by atoms with Gasteiger partial charge < -0.3 is 0 Å². The first-order chi connectivity index (χ1) is 3.27. The third-order valence-electron chi connectivity index (χ3n) is 0.338. The fraction of sp³-hybridized carbons (Fsp3) is 0.250. The highest BCUT2D eigenvalue weighted by Gasteiger charge is 1.79. The predicted octanol–water partition coefficient (Wildman–Crippen LogP) is 1.86. The van der Waals surface area contributed by atoms with Crippen molar-refractivity contribution in [3.05, 3.63) is 12.2 Å². The molecule has 0 aromatic heterocycles. The molecular weight excluding hydrogens is 224 g/mol. The zero-order valence-electron chi connectivity index (χ0n) is 3.53. The van der Waals surface area contributed by atoms with E-state index in [1.54, 1.807) is 6.08 Å². The van der Waals surface area contributed by atoms with Crippen LogP contribution in [-0.2, 0) is 4.79 Å². The number of carbonyl (C=O) groups is 1. The van der Waals surface area contributed by atoms with Gasteiger partial charge in [-0.2, -0.15) is 0 Å². The summed E-state index contributed by atoms with van der Waals surface area (Å²) in [4.78, 5) is 10.0. The second-order valence-electron chi connectivity index (χ2n) is 0.861. The number of hydrogen-bond acceptors (Lipinski definition) is 1. The largest absolute Gasteiger partial charge is 0.282 e. The number of hydrogen-bond donors (Lipinski definition) is 0. The predicted molar refractivity (Wildman–Crippen MR) is 36.9 cm³/mol. The Morgan fingerprint density at radius 3 is 2.43 bits per heavy atom. The Labute approximate surface area is 59.0 Å². The zero-order chi connectivity index (χ0) is 5.70. The highest BCUT2D eigenvalue weighted by atomic mass is 79.9. The van der Waals surface area contributed by atoms with E-state index in [9.17, 15) is 4.79 Å². The van der Waals surface area contributed by atoms with Crippen LogP contribution in [0.2, 0.25) is 0 Å². The molecule has 0 radical (unpaired) electrons. The van der Waals surface area contributed by atoms with E-state index >= 15 is 0 Å². The first kappa shape index (κ1) is 7.37. The van der Waals surface area contributed by atoms with Gasteiger partial charge in [0.25, 0.3) is 0 Å². The standard InChI is InChI=1S/C4H4Br2O/c5-3-1-2-4(6)7/h1-2H,3H2. The van der Waals surface area contributed by atoms with E-state index < -0.39 is 0 Å². The van der Waals surface area contributed by atoms with E-state index in [0.717, 1.165) is 5.33 Å². The molecule has 0 aromatic carbocycles. The van der Waals surface area contributed by atoms with Gasteiger partial charge in [0.1, 0.15) is 0 Å². The maximum atomic E-state index is 10.0. The van der Waals surface area contributed by atoms with Crippen molar-refractivity contribution in [2.75, 3.05) is 5.33 Å². The van der Waals surface area contributed by atoms with Gasteiger partial charge in [-0.1, -0.05) is 22.0 Å². The van der Waals surface area contributed by atoms with Crippen LogP contribution in [0.3, 0.4) is 0 Å². The number of rotatable bonds is 2. The quantitative estimate of drug-likeness (QED) is 0.400. The summed E-state index contributed by atoms with van der Waals surface area (Å²) in [6.07, 6.45) is 3.17. The molecule has 0 aliphatic rings. The minimum Gasteiger partial charge on any atom is -0.282 e. The lowest BCUT2D eigenvalue weighted by Gasteiger charge is -1.70. The van der Waals surface area contributed by atoms with Crippen molar-refractivity contribution in [2.24, 2.45) is 0 Å². The van der Waals surface area contributed by atoms with Crippen LogP contribution in [0.4, 0.5) is 0 Å². The molecule has 0 spiro atoms. The normalized spacial score (nSPS) is 10.0. The van der Waals surface area contributed by atoms with Crippen LogP contribution in [0.5, 0.6) is 0 Å². The highest BCUT2D eigenvalue weighted by Crippen LogP contribution is 1.87. The Kier molecular flexibility index (Phi) is 4.77. The summed E-state index contributed by atoms with van der Waals surface area (Å²) in [6.45, 7) is 0. The van der Waals surface area contributed by atoms with Crippen molar-refractivity contribution < 1.29 is 4.79 Å². The second-order valence-corrected chi connectivity index (χ2v) is 2.29. The smallest absolute Gasteiger partial charge is 0.220 e. The molecule has 0 heterocycles. The number of carbonyl (C=O) groups excluding carboxylic acids is 1. The third-order valence-corrected chi connectivity index (χ3v) is 0.976. The lowest BCUT2D eigenvalue weighted by Crippen LogP contribution is -1.72. The van der Waals surface area contributed by atoms with E-state index in [1.807, 2.05) is 0 Å². The Morgan fingerprint density at radius 2 is 2.29 bits per heavy atom. The molecule has 0 aliphatic heterocycles. The molecule has 0 saturated heterocycles. The summed E-state index contributed by atoms with van der Waals surface area (Å²) in [6, 6.07) is 0. The molecule has 0 N–H and O–H groups in total. The topological polar surface area (TPSA) is 17.1 Å². The highest BCUT2D eigenvalue weighted by molar-refractivity contribution is 9.18. The molecule has 0 aromatic rings. The maximum Gasteiger partial charge on any atom is 0.220 e.